The molecular weight excluding hydrogens is 250 g/mol. The highest BCUT2D eigenvalue weighted by Crippen LogP contribution is 2.39. The number of amides is 1. The van der Waals surface area contributed by atoms with Crippen LogP contribution in [0.15, 0.2) is 0 Å². The number of rotatable bonds is 5. The first-order valence-electron chi connectivity index (χ1n) is 7.98. The van der Waals surface area contributed by atoms with Crippen LogP contribution in [0.3, 0.4) is 0 Å². The Kier molecular flexibility index (Phi) is 4.45. The second-order valence-electron chi connectivity index (χ2n) is 7.37. The second kappa shape index (κ2) is 5.64. The molecule has 4 heteroatoms. The number of nitrogens with one attached hydrogen (secondary N) is 1. The highest BCUT2D eigenvalue weighted by Gasteiger charge is 2.48. The normalized spacial score (nSPS) is 28.8. The van der Waals surface area contributed by atoms with Crippen LogP contribution in [-0.4, -0.2) is 62.0 Å². The van der Waals surface area contributed by atoms with Gasteiger partial charge in [-0.2, -0.15) is 0 Å². The molecule has 1 N–H and O–H groups in total. The van der Waals surface area contributed by atoms with Crippen molar-refractivity contribution in [2.45, 2.75) is 45.1 Å². The van der Waals surface area contributed by atoms with Gasteiger partial charge in [-0.3, -0.25) is 4.79 Å². The summed E-state index contributed by atoms with van der Waals surface area (Å²) in [7, 11) is 6.29. The fourth-order valence-electron chi connectivity index (χ4n) is 3.86. The molecule has 4 nitrogen and oxygen atoms in total. The van der Waals surface area contributed by atoms with E-state index in [0.29, 0.717) is 11.8 Å². The lowest BCUT2D eigenvalue weighted by Crippen LogP contribution is -2.59. The lowest BCUT2D eigenvalue weighted by molar-refractivity contribution is -0.145. The van der Waals surface area contributed by atoms with Gasteiger partial charge in [-0.05, 0) is 52.2 Å². The van der Waals surface area contributed by atoms with Crippen molar-refractivity contribution in [3.8, 4) is 0 Å². The van der Waals surface area contributed by atoms with Gasteiger partial charge in [0.25, 0.3) is 0 Å². The van der Waals surface area contributed by atoms with Crippen molar-refractivity contribution in [3.63, 3.8) is 0 Å². The zero-order valence-electron chi connectivity index (χ0n) is 13.8. The maximum Gasteiger partial charge on any atom is 0.230 e. The van der Waals surface area contributed by atoms with Crippen molar-refractivity contribution in [3.05, 3.63) is 0 Å². The molecule has 2 rings (SSSR count). The zero-order chi connectivity index (χ0) is 15.0. The van der Waals surface area contributed by atoms with E-state index in [-0.39, 0.29) is 11.0 Å². The fourth-order valence-corrected chi connectivity index (χ4v) is 3.86. The standard InChI is InChI=1S/C16H31N3O/c1-13(2)16(9-10-17-11-16)14(20)19(5)12-15(18(3)4)7-6-8-15/h13,17H,6-12H2,1-5H3. The monoisotopic (exact) mass is 281 g/mol. The lowest BCUT2D eigenvalue weighted by atomic mass is 9.73. The van der Waals surface area contributed by atoms with Crippen LogP contribution in [0.2, 0.25) is 0 Å². The van der Waals surface area contributed by atoms with Gasteiger partial charge >= 0.3 is 0 Å². The van der Waals surface area contributed by atoms with E-state index in [2.05, 4.69) is 38.2 Å². The largest absolute Gasteiger partial charge is 0.343 e. The summed E-state index contributed by atoms with van der Waals surface area (Å²) in [5.74, 6) is 0.731. The van der Waals surface area contributed by atoms with Crippen LogP contribution in [0.25, 0.3) is 0 Å². The van der Waals surface area contributed by atoms with Crippen molar-refractivity contribution in [1.82, 2.24) is 15.1 Å². The van der Waals surface area contributed by atoms with E-state index in [1.54, 1.807) is 0 Å². The quantitative estimate of drug-likeness (QED) is 0.831. The molecule has 1 heterocycles. The van der Waals surface area contributed by atoms with Crippen molar-refractivity contribution in [1.29, 1.82) is 0 Å². The summed E-state index contributed by atoms with van der Waals surface area (Å²) < 4.78 is 0. The van der Waals surface area contributed by atoms with Crippen LogP contribution in [-0.2, 0) is 4.79 Å². The predicted octanol–water partition coefficient (Wildman–Crippen LogP) is 1.56. The van der Waals surface area contributed by atoms with Gasteiger partial charge in [0.2, 0.25) is 5.91 Å². The fraction of sp³-hybridized carbons (Fsp3) is 0.938. The van der Waals surface area contributed by atoms with Crippen molar-refractivity contribution < 1.29 is 4.79 Å². The molecule has 2 aliphatic rings. The molecule has 0 aromatic heterocycles. The molecule has 0 aromatic carbocycles. The third kappa shape index (κ3) is 2.48. The molecule has 0 spiro atoms. The maximum atomic E-state index is 13.0. The summed E-state index contributed by atoms with van der Waals surface area (Å²) in [5.41, 5.74) is 0.0284. The lowest BCUT2D eigenvalue weighted by Gasteiger charge is -2.50. The van der Waals surface area contributed by atoms with E-state index in [9.17, 15) is 4.79 Å². The smallest absolute Gasteiger partial charge is 0.230 e. The third-order valence-corrected chi connectivity index (χ3v) is 5.83. The molecule has 1 aliphatic heterocycles. The van der Waals surface area contributed by atoms with Crippen LogP contribution in [0.1, 0.15) is 39.5 Å². The van der Waals surface area contributed by atoms with E-state index in [1.807, 2.05) is 11.9 Å². The summed E-state index contributed by atoms with van der Waals surface area (Å²) >= 11 is 0. The average molecular weight is 281 g/mol. The number of carbonyl (C=O) groups excluding carboxylic acids is 1. The Morgan fingerprint density at radius 3 is 2.20 bits per heavy atom. The van der Waals surface area contributed by atoms with Crippen LogP contribution in [0.5, 0.6) is 0 Å². The highest BCUT2D eigenvalue weighted by atomic mass is 16.2. The first-order valence-corrected chi connectivity index (χ1v) is 7.98. The molecule has 20 heavy (non-hydrogen) atoms. The Morgan fingerprint density at radius 1 is 1.20 bits per heavy atom. The van der Waals surface area contributed by atoms with Crippen molar-refractivity contribution in [2.24, 2.45) is 11.3 Å². The van der Waals surface area contributed by atoms with E-state index in [1.165, 1.54) is 19.3 Å². The summed E-state index contributed by atoms with van der Waals surface area (Å²) in [4.78, 5) is 17.3. The number of nitrogens with zero attached hydrogens (tertiary/aromatic N) is 2. The molecule has 0 radical (unpaired) electrons. The minimum atomic E-state index is -0.188. The molecule has 1 amide bonds. The van der Waals surface area contributed by atoms with Gasteiger partial charge in [-0.15, -0.1) is 0 Å². The van der Waals surface area contributed by atoms with Gasteiger partial charge < -0.3 is 15.1 Å². The Labute approximate surface area is 123 Å². The summed E-state index contributed by atoms with van der Waals surface area (Å²) in [6, 6.07) is 0. The Morgan fingerprint density at radius 2 is 1.85 bits per heavy atom. The van der Waals surface area contributed by atoms with Crippen LogP contribution < -0.4 is 5.32 Å². The molecular formula is C16H31N3O. The van der Waals surface area contributed by atoms with E-state index < -0.39 is 0 Å². The third-order valence-electron chi connectivity index (χ3n) is 5.83. The summed E-state index contributed by atoms with van der Waals surface area (Å²) in [5, 5.41) is 3.39. The van der Waals surface area contributed by atoms with Gasteiger partial charge in [0.05, 0.1) is 5.41 Å². The van der Waals surface area contributed by atoms with Gasteiger partial charge in [0, 0.05) is 25.7 Å². The van der Waals surface area contributed by atoms with Gasteiger partial charge in [-0.25, -0.2) is 0 Å². The minimum Gasteiger partial charge on any atom is -0.343 e. The van der Waals surface area contributed by atoms with Crippen LogP contribution in [0, 0.1) is 11.3 Å². The molecule has 0 bridgehead atoms. The van der Waals surface area contributed by atoms with Gasteiger partial charge in [0.15, 0.2) is 0 Å². The number of hydrogen-bond donors (Lipinski definition) is 1. The Balaban J connectivity index is 2.08. The zero-order valence-corrected chi connectivity index (χ0v) is 13.8. The topological polar surface area (TPSA) is 35.6 Å². The first kappa shape index (κ1) is 15.8. The molecule has 1 atom stereocenters. The van der Waals surface area contributed by atoms with E-state index in [0.717, 1.165) is 26.1 Å². The van der Waals surface area contributed by atoms with Gasteiger partial charge in [-0.1, -0.05) is 13.8 Å². The number of hydrogen-bond acceptors (Lipinski definition) is 3. The van der Waals surface area contributed by atoms with Crippen LogP contribution >= 0.6 is 0 Å². The van der Waals surface area contributed by atoms with Crippen molar-refractivity contribution >= 4 is 5.91 Å². The average Bonchev–Trinajstić information content (AvgIpc) is 2.82. The van der Waals surface area contributed by atoms with Gasteiger partial charge in [0.1, 0.15) is 0 Å². The Bertz CT molecular complexity index is 355. The molecule has 1 saturated heterocycles. The molecule has 1 aliphatic carbocycles. The summed E-state index contributed by atoms with van der Waals surface area (Å²) in [6.07, 6.45) is 4.69. The Hall–Kier alpha value is -0.610. The van der Waals surface area contributed by atoms with E-state index in [4.69, 9.17) is 0 Å². The number of likely N-dealkylation sites (N-methyl/N-ethyl adjacent to an activating group) is 2. The molecule has 116 valence electrons. The highest BCUT2D eigenvalue weighted by molar-refractivity contribution is 5.83. The van der Waals surface area contributed by atoms with Crippen molar-refractivity contribution in [2.75, 3.05) is 40.8 Å². The number of carbonyl (C=O) groups is 1. The maximum absolute atomic E-state index is 13.0. The first-order chi connectivity index (χ1) is 9.34. The molecule has 1 unspecified atom stereocenters. The predicted molar refractivity (Wildman–Crippen MR) is 82.7 cm³/mol. The van der Waals surface area contributed by atoms with Crippen LogP contribution in [0.4, 0.5) is 0 Å². The summed E-state index contributed by atoms with van der Waals surface area (Å²) in [6.45, 7) is 7.04. The second-order valence-corrected chi connectivity index (χ2v) is 7.37. The SMILES string of the molecule is CC(C)C1(C(=O)N(C)CC2(N(C)C)CCC2)CCNC1. The van der Waals surface area contributed by atoms with E-state index >= 15 is 0 Å². The molecule has 2 fully saturated rings. The molecule has 0 aromatic rings. The molecule has 1 saturated carbocycles. The minimum absolute atomic E-state index is 0.188.